The van der Waals surface area contributed by atoms with Crippen LogP contribution in [0.5, 0.6) is 0 Å². The Morgan fingerprint density at radius 3 is 2.68 bits per heavy atom. The van der Waals surface area contributed by atoms with Gasteiger partial charge in [0.15, 0.2) is 5.65 Å². The van der Waals surface area contributed by atoms with Crippen LogP contribution < -0.4 is 5.32 Å². The summed E-state index contributed by atoms with van der Waals surface area (Å²) in [4.78, 5) is 9.35. The third kappa shape index (κ3) is 3.50. The maximum absolute atomic E-state index is 4.90. The van der Waals surface area contributed by atoms with Crippen LogP contribution in [0, 0.1) is 6.92 Å². The molecule has 1 aliphatic carbocycles. The number of hydrogen-bond donors (Lipinski definition) is 1. The van der Waals surface area contributed by atoms with Crippen LogP contribution in [-0.4, -0.2) is 25.6 Å². The molecule has 0 aromatic carbocycles. The standard InChI is InChI=1S/C20H25N5/c1-15-11-12-18(23-16-8-5-3-2-4-6-9-16)24-20(15)17-14-21-19-10-7-13-22-25(17)19/h7,10-14,16H,2-6,8-9H2,1H3,(H,23,24). The predicted molar refractivity (Wildman–Crippen MR) is 101 cm³/mol. The number of nitrogens with zero attached hydrogens (tertiary/aromatic N) is 4. The lowest BCUT2D eigenvalue weighted by Gasteiger charge is -2.22. The number of aryl methyl sites for hydroxylation is 1. The number of pyridine rings is 1. The van der Waals surface area contributed by atoms with Crippen molar-refractivity contribution in [1.82, 2.24) is 19.6 Å². The predicted octanol–water partition coefficient (Wildman–Crippen LogP) is 4.62. The van der Waals surface area contributed by atoms with Crippen LogP contribution in [0.1, 0.15) is 50.5 Å². The summed E-state index contributed by atoms with van der Waals surface area (Å²) in [7, 11) is 0. The highest BCUT2D eigenvalue weighted by Gasteiger charge is 2.15. The van der Waals surface area contributed by atoms with E-state index in [0.717, 1.165) is 28.4 Å². The Kier molecular flexibility index (Phi) is 4.63. The molecule has 0 saturated heterocycles. The lowest BCUT2D eigenvalue weighted by molar-refractivity contribution is 0.471. The van der Waals surface area contributed by atoms with E-state index in [0.29, 0.717) is 6.04 Å². The zero-order valence-corrected chi connectivity index (χ0v) is 14.8. The lowest BCUT2D eigenvalue weighted by atomic mass is 9.97. The van der Waals surface area contributed by atoms with Crippen molar-refractivity contribution in [2.75, 3.05) is 5.32 Å². The molecule has 5 nitrogen and oxygen atoms in total. The fraction of sp³-hybridized carbons (Fsp3) is 0.450. The van der Waals surface area contributed by atoms with Crippen molar-refractivity contribution >= 4 is 11.5 Å². The smallest absolute Gasteiger partial charge is 0.154 e. The Morgan fingerprint density at radius 2 is 1.84 bits per heavy atom. The molecule has 3 heterocycles. The first kappa shape index (κ1) is 16.1. The van der Waals surface area contributed by atoms with Crippen LogP contribution in [0.15, 0.2) is 36.7 Å². The summed E-state index contributed by atoms with van der Waals surface area (Å²) >= 11 is 0. The topological polar surface area (TPSA) is 55.1 Å². The molecular weight excluding hydrogens is 310 g/mol. The minimum Gasteiger partial charge on any atom is -0.367 e. The van der Waals surface area contributed by atoms with E-state index in [1.165, 1.54) is 44.9 Å². The molecule has 0 spiro atoms. The van der Waals surface area contributed by atoms with Gasteiger partial charge in [0, 0.05) is 12.2 Å². The van der Waals surface area contributed by atoms with Gasteiger partial charge in [-0.2, -0.15) is 5.10 Å². The summed E-state index contributed by atoms with van der Waals surface area (Å²) in [6.45, 7) is 2.09. The first-order valence-corrected chi connectivity index (χ1v) is 9.34. The second kappa shape index (κ2) is 7.21. The molecule has 25 heavy (non-hydrogen) atoms. The van der Waals surface area contributed by atoms with Crippen molar-refractivity contribution in [2.45, 2.75) is 57.9 Å². The van der Waals surface area contributed by atoms with Crippen LogP contribution in [0.4, 0.5) is 5.82 Å². The normalized spacial score (nSPS) is 16.5. The maximum Gasteiger partial charge on any atom is 0.154 e. The van der Waals surface area contributed by atoms with E-state index in [9.17, 15) is 0 Å². The van der Waals surface area contributed by atoms with E-state index in [4.69, 9.17) is 4.98 Å². The largest absolute Gasteiger partial charge is 0.367 e. The minimum atomic E-state index is 0.531. The average Bonchev–Trinajstić information content (AvgIpc) is 3.03. The minimum absolute atomic E-state index is 0.531. The fourth-order valence-electron chi connectivity index (χ4n) is 3.67. The lowest BCUT2D eigenvalue weighted by Crippen LogP contribution is -2.21. The Labute approximate surface area is 148 Å². The molecule has 130 valence electrons. The third-order valence-electron chi connectivity index (χ3n) is 5.07. The Balaban J connectivity index is 1.62. The van der Waals surface area contributed by atoms with Crippen molar-refractivity contribution in [3.63, 3.8) is 0 Å². The van der Waals surface area contributed by atoms with Crippen LogP contribution in [-0.2, 0) is 0 Å². The van der Waals surface area contributed by atoms with Gasteiger partial charge in [0.25, 0.3) is 0 Å². The van der Waals surface area contributed by atoms with Gasteiger partial charge in [-0.25, -0.2) is 14.5 Å². The van der Waals surface area contributed by atoms with Gasteiger partial charge in [-0.05, 0) is 43.5 Å². The molecule has 0 radical (unpaired) electrons. The van der Waals surface area contributed by atoms with Gasteiger partial charge >= 0.3 is 0 Å². The number of imidazole rings is 1. The number of rotatable bonds is 3. The molecule has 4 rings (SSSR count). The van der Waals surface area contributed by atoms with Crippen LogP contribution >= 0.6 is 0 Å². The van der Waals surface area contributed by atoms with Gasteiger partial charge in [-0.3, -0.25) is 0 Å². The highest BCUT2D eigenvalue weighted by atomic mass is 15.3. The summed E-state index contributed by atoms with van der Waals surface area (Å²) in [6.07, 6.45) is 12.9. The quantitative estimate of drug-likeness (QED) is 0.758. The molecule has 0 unspecified atom stereocenters. The highest BCUT2D eigenvalue weighted by Crippen LogP contribution is 2.25. The Morgan fingerprint density at radius 1 is 1.04 bits per heavy atom. The number of fused-ring (bicyclic) bond motifs is 1. The summed E-state index contributed by atoms with van der Waals surface area (Å²) in [5.41, 5.74) is 3.87. The van der Waals surface area contributed by atoms with Gasteiger partial charge in [0.1, 0.15) is 11.5 Å². The molecule has 0 aliphatic heterocycles. The van der Waals surface area contributed by atoms with Gasteiger partial charge in [0.05, 0.1) is 11.9 Å². The second-order valence-electron chi connectivity index (χ2n) is 6.99. The zero-order valence-electron chi connectivity index (χ0n) is 14.8. The SMILES string of the molecule is Cc1ccc(NC2CCCCCCC2)nc1-c1cnc2cccnn12. The molecular formula is C20H25N5. The van der Waals surface area contributed by atoms with E-state index < -0.39 is 0 Å². The molecule has 1 fully saturated rings. The van der Waals surface area contributed by atoms with E-state index in [-0.39, 0.29) is 0 Å². The molecule has 1 N–H and O–H groups in total. The Bertz CT molecular complexity index is 846. The van der Waals surface area contributed by atoms with E-state index in [1.807, 2.05) is 22.8 Å². The number of aromatic nitrogens is 4. The van der Waals surface area contributed by atoms with Gasteiger partial charge in [0.2, 0.25) is 0 Å². The first-order chi connectivity index (χ1) is 12.3. The van der Waals surface area contributed by atoms with Crippen LogP contribution in [0.3, 0.4) is 0 Å². The number of anilines is 1. The van der Waals surface area contributed by atoms with E-state index >= 15 is 0 Å². The highest BCUT2D eigenvalue weighted by molar-refractivity contribution is 5.64. The summed E-state index contributed by atoms with van der Waals surface area (Å²) in [5, 5.41) is 8.09. The second-order valence-corrected chi connectivity index (χ2v) is 6.99. The molecule has 0 amide bonds. The average molecular weight is 335 g/mol. The van der Waals surface area contributed by atoms with Crippen LogP contribution in [0.25, 0.3) is 17.0 Å². The van der Waals surface area contributed by atoms with Crippen molar-refractivity contribution in [2.24, 2.45) is 0 Å². The van der Waals surface area contributed by atoms with Crippen molar-refractivity contribution in [1.29, 1.82) is 0 Å². The maximum atomic E-state index is 4.90. The van der Waals surface area contributed by atoms with Crippen molar-refractivity contribution < 1.29 is 0 Å². The monoisotopic (exact) mass is 335 g/mol. The molecule has 5 heteroatoms. The summed E-state index contributed by atoms with van der Waals surface area (Å²) in [5.74, 6) is 0.956. The summed E-state index contributed by atoms with van der Waals surface area (Å²) < 4.78 is 1.86. The molecule has 0 bridgehead atoms. The van der Waals surface area contributed by atoms with Gasteiger partial charge in [-0.1, -0.05) is 38.2 Å². The van der Waals surface area contributed by atoms with E-state index in [2.05, 4.69) is 34.5 Å². The zero-order chi connectivity index (χ0) is 17.1. The number of hydrogen-bond acceptors (Lipinski definition) is 4. The van der Waals surface area contributed by atoms with Crippen molar-refractivity contribution in [3.05, 3.63) is 42.2 Å². The summed E-state index contributed by atoms with van der Waals surface area (Å²) in [6, 6.07) is 8.62. The Hall–Kier alpha value is -2.43. The van der Waals surface area contributed by atoms with Gasteiger partial charge in [-0.15, -0.1) is 0 Å². The fourth-order valence-corrected chi connectivity index (χ4v) is 3.67. The molecule has 3 aromatic heterocycles. The first-order valence-electron chi connectivity index (χ1n) is 9.34. The molecule has 1 saturated carbocycles. The van der Waals surface area contributed by atoms with Crippen LogP contribution in [0.2, 0.25) is 0 Å². The number of nitrogens with one attached hydrogen (secondary N) is 1. The van der Waals surface area contributed by atoms with Gasteiger partial charge < -0.3 is 5.32 Å². The molecule has 1 aliphatic rings. The molecule has 3 aromatic rings. The van der Waals surface area contributed by atoms with E-state index in [1.54, 1.807) is 6.20 Å². The molecule has 0 atom stereocenters. The third-order valence-corrected chi connectivity index (χ3v) is 5.07. The van der Waals surface area contributed by atoms with Crippen molar-refractivity contribution in [3.8, 4) is 11.4 Å².